The van der Waals surface area contributed by atoms with Gasteiger partial charge in [0, 0.05) is 7.11 Å². The van der Waals surface area contributed by atoms with Crippen LogP contribution in [0.5, 0.6) is 0 Å². The molecule has 3 rings (SSSR count). The van der Waals surface area contributed by atoms with Crippen LogP contribution in [0.1, 0.15) is 11.1 Å². The Balaban J connectivity index is 1.69. The van der Waals surface area contributed by atoms with Gasteiger partial charge in [-0.05, 0) is 11.1 Å². The fraction of sp³-hybridized carbons (Fsp3) is 0.316. The summed E-state index contributed by atoms with van der Waals surface area (Å²) in [4.78, 5) is 13.9. The van der Waals surface area contributed by atoms with Crippen LogP contribution >= 0.6 is 0 Å². The molecular weight excluding hydrogens is 306 g/mol. The number of likely N-dealkylation sites (tertiary alicyclic amines) is 1. The number of carbonyl (C=O) groups excluding carboxylic acids is 1. The van der Waals surface area contributed by atoms with E-state index in [0.29, 0.717) is 6.54 Å². The number of methoxy groups -OCH3 is 1. The minimum Gasteiger partial charge on any atom is -0.445 e. The van der Waals surface area contributed by atoms with Crippen molar-refractivity contribution in [2.75, 3.05) is 20.3 Å². The summed E-state index contributed by atoms with van der Waals surface area (Å²) in [7, 11) is 1.60. The summed E-state index contributed by atoms with van der Waals surface area (Å²) >= 11 is 0. The van der Waals surface area contributed by atoms with Crippen LogP contribution in [-0.2, 0) is 21.7 Å². The van der Waals surface area contributed by atoms with Gasteiger partial charge in [-0.2, -0.15) is 0 Å². The van der Waals surface area contributed by atoms with Crippen LogP contribution < -0.4 is 0 Å². The Kier molecular flexibility index (Phi) is 4.83. The predicted octanol–water partition coefficient (Wildman–Crippen LogP) is 2.54. The highest BCUT2D eigenvalue weighted by Crippen LogP contribution is 2.41. The lowest BCUT2D eigenvalue weighted by atomic mass is 9.78. The molecule has 2 aromatic carbocycles. The Bertz CT molecular complexity index is 676. The first-order valence-corrected chi connectivity index (χ1v) is 7.90. The smallest absolute Gasteiger partial charge is 0.410 e. The van der Waals surface area contributed by atoms with Gasteiger partial charge >= 0.3 is 6.09 Å². The number of carbonyl (C=O) groups is 1. The van der Waals surface area contributed by atoms with E-state index in [4.69, 9.17) is 9.47 Å². The third-order valence-electron chi connectivity index (χ3n) is 4.56. The molecule has 1 fully saturated rings. The molecule has 0 saturated carbocycles. The van der Waals surface area contributed by atoms with Crippen molar-refractivity contribution in [2.45, 2.75) is 18.2 Å². The normalized spacial score (nSPS) is 22.8. The first-order chi connectivity index (χ1) is 11.7. The summed E-state index contributed by atoms with van der Waals surface area (Å²) in [5.74, 6) is 0. The maximum absolute atomic E-state index is 12.3. The molecule has 0 bridgehead atoms. The number of hydrogen-bond acceptors (Lipinski definition) is 4. The van der Waals surface area contributed by atoms with Gasteiger partial charge in [0.25, 0.3) is 0 Å². The van der Waals surface area contributed by atoms with Crippen molar-refractivity contribution in [3.05, 3.63) is 71.8 Å². The minimum atomic E-state index is -0.693. The maximum atomic E-state index is 12.3. The SMILES string of the molecule is CO[C@@]1(c2ccccc2)CN(C(=O)OCc2ccccc2)[C@H]1CO. The van der Waals surface area contributed by atoms with Crippen molar-refractivity contribution < 1.29 is 19.4 Å². The second-order valence-corrected chi connectivity index (χ2v) is 5.83. The molecule has 0 radical (unpaired) electrons. The highest BCUT2D eigenvalue weighted by atomic mass is 16.6. The van der Waals surface area contributed by atoms with Gasteiger partial charge in [0.05, 0.1) is 19.2 Å². The Hall–Kier alpha value is -2.37. The molecule has 1 heterocycles. The molecule has 1 saturated heterocycles. The van der Waals surface area contributed by atoms with Gasteiger partial charge in [0.2, 0.25) is 0 Å². The zero-order valence-electron chi connectivity index (χ0n) is 13.6. The molecule has 126 valence electrons. The van der Waals surface area contributed by atoms with Crippen molar-refractivity contribution >= 4 is 6.09 Å². The molecule has 5 heteroatoms. The zero-order valence-corrected chi connectivity index (χ0v) is 13.6. The predicted molar refractivity (Wildman–Crippen MR) is 89.3 cm³/mol. The Morgan fingerprint density at radius 1 is 1.17 bits per heavy atom. The fourth-order valence-electron chi connectivity index (χ4n) is 3.17. The van der Waals surface area contributed by atoms with Gasteiger partial charge < -0.3 is 14.6 Å². The molecule has 24 heavy (non-hydrogen) atoms. The molecule has 1 N–H and O–H groups in total. The van der Waals surface area contributed by atoms with Crippen molar-refractivity contribution in [3.8, 4) is 0 Å². The number of ether oxygens (including phenoxy) is 2. The number of hydrogen-bond donors (Lipinski definition) is 1. The van der Waals surface area contributed by atoms with E-state index in [0.717, 1.165) is 11.1 Å². The van der Waals surface area contributed by atoms with Crippen molar-refractivity contribution in [2.24, 2.45) is 0 Å². The van der Waals surface area contributed by atoms with E-state index in [1.54, 1.807) is 7.11 Å². The van der Waals surface area contributed by atoms with E-state index in [1.165, 1.54) is 4.90 Å². The number of aliphatic hydroxyl groups is 1. The van der Waals surface area contributed by atoms with Crippen molar-refractivity contribution in [3.63, 3.8) is 0 Å². The Labute approximate surface area is 141 Å². The summed E-state index contributed by atoms with van der Waals surface area (Å²) < 4.78 is 11.1. The first-order valence-electron chi connectivity index (χ1n) is 7.90. The molecule has 2 atom stereocenters. The van der Waals surface area contributed by atoms with Crippen LogP contribution in [0.4, 0.5) is 4.79 Å². The maximum Gasteiger partial charge on any atom is 0.410 e. The molecule has 0 spiro atoms. The number of nitrogens with zero attached hydrogens (tertiary/aromatic N) is 1. The molecule has 0 aliphatic carbocycles. The van der Waals surface area contributed by atoms with E-state index in [9.17, 15) is 9.90 Å². The molecule has 0 aromatic heterocycles. The van der Waals surface area contributed by atoms with E-state index >= 15 is 0 Å². The average molecular weight is 327 g/mol. The van der Waals surface area contributed by atoms with Crippen molar-refractivity contribution in [1.82, 2.24) is 4.90 Å². The topological polar surface area (TPSA) is 59.0 Å². The summed E-state index contributed by atoms with van der Waals surface area (Å²) in [6.07, 6.45) is -0.443. The third-order valence-corrected chi connectivity index (χ3v) is 4.56. The second-order valence-electron chi connectivity index (χ2n) is 5.83. The molecule has 1 amide bonds. The lowest BCUT2D eigenvalue weighted by Gasteiger charge is -2.55. The van der Waals surface area contributed by atoms with E-state index in [1.807, 2.05) is 60.7 Å². The minimum absolute atomic E-state index is 0.191. The van der Waals surface area contributed by atoms with Crippen LogP contribution in [0.3, 0.4) is 0 Å². The largest absolute Gasteiger partial charge is 0.445 e. The third kappa shape index (κ3) is 2.88. The van der Waals surface area contributed by atoms with Crippen LogP contribution in [0, 0.1) is 0 Å². The molecule has 1 aliphatic heterocycles. The van der Waals surface area contributed by atoms with Crippen LogP contribution in [0.25, 0.3) is 0 Å². The second kappa shape index (κ2) is 7.03. The monoisotopic (exact) mass is 327 g/mol. The molecule has 0 unspecified atom stereocenters. The highest BCUT2D eigenvalue weighted by molar-refractivity contribution is 5.70. The Morgan fingerprint density at radius 2 is 1.79 bits per heavy atom. The number of rotatable bonds is 5. The lowest BCUT2D eigenvalue weighted by molar-refractivity contribution is -0.179. The van der Waals surface area contributed by atoms with Crippen molar-refractivity contribution in [1.29, 1.82) is 0 Å². The first kappa shape index (κ1) is 16.5. The van der Waals surface area contributed by atoms with Gasteiger partial charge in [0.1, 0.15) is 12.2 Å². The number of aliphatic hydroxyl groups excluding tert-OH is 1. The Morgan fingerprint density at radius 3 is 2.38 bits per heavy atom. The summed E-state index contributed by atoms with van der Waals surface area (Å²) in [5, 5.41) is 9.79. The van der Waals surface area contributed by atoms with Crippen LogP contribution in [0.2, 0.25) is 0 Å². The lowest BCUT2D eigenvalue weighted by Crippen LogP contribution is -2.71. The fourth-order valence-corrected chi connectivity index (χ4v) is 3.17. The van der Waals surface area contributed by atoms with Crippen LogP contribution in [-0.4, -0.2) is 42.4 Å². The highest BCUT2D eigenvalue weighted by Gasteiger charge is 2.56. The van der Waals surface area contributed by atoms with Gasteiger partial charge in [-0.3, -0.25) is 4.90 Å². The molecule has 2 aromatic rings. The van der Waals surface area contributed by atoms with Gasteiger partial charge in [-0.15, -0.1) is 0 Å². The van der Waals surface area contributed by atoms with E-state index in [-0.39, 0.29) is 13.2 Å². The average Bonchev–Trinajstić information content (AvgIpc) is 2.62. The van der Waals surface area contributed by atoms with Gasteiger partial charge in [-0.1, -0.05) is 60.7 Å². The molecular formula is C19H21NO4. The van der Waals surface area contributed by atoms with Gasteiger partial charge in [-0.25, -0.2) is 4.79 Å². The number of benzene rings is 2. The van der Waals surface area contributed by atoms with Gasteiger partial charge in [0.15, 0.2) is 0 Å². The molecule has 1 aliphatic rings. The van der Waals surface area contributed by atoms with E-state index in [2.05, 4.69) is 0 Å². The molecule has 5 nitrogen and oxygen atoms in total. The van der Waals surface area contributed by atoms with Crippen LogP contribution in [0.15, 0.2) is 60.7 Å². The summed E-state index contributed by atoms with van der Waals surface area (Å²) in [6, 6.07) is 18.7. The standard InChI is InChI=1S/C19H21NO4/c1-23-19(16-10-6-3-7-11-16)14-20(17(19)12-21)18(22)24-13-15-8-4-2-5-9-15/h2-11,17,21H,12-14H2,1H3/t17-,19+/m0/s1. The quantitative estimate of drug-likeness (QED) is 0.917. The van der Waals surface area contributed by atoms with E-state index < -0.39 is 17.7 Å². The summed E-state index contributed by atoms with van der Waals surface area (Å²) in [6.45, 7) is 0.370. The zero-order chi connectivity index (χ0) is 17.0. The summed E-state index contributed by atoms with van der Waals surface area (Å²) in [5.41, 5.74) is 1.17. The number of amides is 1.